The topological polar surface area (TPSA) is 85.8 Å². The van der Waals surface area contributed by atoms with Gasteiger partial charge in [0.05, 0.1) is 17.1 Å². The van der Waals surface area contributed by atoms with Crippen molar-refractivity contribution in [1.29, 1.82) is 0 Å². The van der Waals surface area contributed by atoms with Crippen molar-refractivity contribution in [3.05, 3.63) is 83.3 Å². The number of nitrogens with zero attached hydrogens (tertiary/aromatic N) is 4. The van der Waals surface area contributed by atoms with E-state index in [0.29, 0.717) is 23.0 Å². The van der Waals surface area contributed by atoms with Crippen molar-refractivity contribution in [3.8, 4) is 17.1 Å². The van der Waals surface area contributed by atoms with Crippen LogP contribution in [0.4, 0.5) is 10.1 Å². The molecule has 1 amide bonds. The molecular formula is C23H20FN5O2. The number of anilines is 1. The van der Waals surface area contributed by atoms with E-state index >= 15 is 0 Å². The lowest BCUT2D eigenvalue weighted by molar-refractivity contribution is -0.111. The minimum absolute atomic E-state index is 0.305. The molecule has 4 rings (SSSR count). The number of hydrogen-bond acceptors (Lipinski definition) is 5. The molecule has 0 aliphatic carbocycles. The van der Waals surface area contributed by atoms with Crippen molar-refractivity contribution in [2.24, 2.45) is 0 Å². The molecule has 0 aliphatic rings. The Hall–Kier alpha value is -4.07. The van der Waals surface area contributed by atoms with Crippen molar-refractivity contribution >= 4 is 17.7 Å². The van der Waals surface area contributed by atoms with Crippen molar-refractivity contribution in [2.45, 2.75) is 20.8 Å². The Morgan fingerprint density at radius 2 is 1.84 bits per heavy atom. The number of aryl methyl sites for hydroxylation is 2. The first-order chi connectivity index (χ1) is 14.9. The summed E-state index contributed by atoms with van der Waals surface area (Å²) in [6, 6.07) is 13.3. The lowest BCUT2D eigenvalue weighted by Crippen LogP contribution is -2.09. The zero-order chi connectivity index (χ0) is 22.0. The third kappa shape index (κ3) is 4.28. The second-order valence-electron chi connectivity index (χ2n) is 6.98. The summed E-state index contributed by atoms with van der Waals surface area (Å²) in [4.78, 5) is 16.8. The summed E-state index contributed by atoms with van der Waals surface area (Å²) in [5, 5.41) is 11.3. The fourth-order valence-corrected chi connectivity index (χ4v) is 3.26. The first-order valence-corrected chi connectivity index (χ1v) is 9.63. The monoisotopic (exact) mass is 417 g/mol. The first kappa shape index (κ1) is 20.2. The number of halogens is 1. The van der Waals surface area contributed by atoms with E-state index in [0.717, 1.165) is 22.6 Å². The Morgan fingerprint density at radius 1 is 1.10 bits per heavy atom. The number of aromatic nitrogens is 4. The van der Waals surface area contributed by atoms with Crippen LogP contribution in [-0.2, 0) is 4.79 Å². The number of amides is 1. The molecule has 0 unspecified atom stereocenters. The fourth-order valence-electron chi connectivity index (χ4n) is 3.26. The highest BCUT2D eigenvalue weighted by molar-refractivity contribution is 6.04. The summed E-state index contributed by atoms with van der Waals surface area (Å²) in [6.45, 7) is 5.46. The Kier molecular flexibility index (Phi) is 5.44. The normalized spacial score (nSPS) is 11.2. The first-order valence-electron chi connectivity index (χ1n) is 9.63. The van der Waals surface area contributed by atoms with Gasteiger partial charge < -0.3 is 9.84 Å². The van der Waals surface area contributed by atoms with Crippen LogP contribution < -0.4 is 5.32 Å². The maximum atomic E-state index is 13.2. The molecule has 8 heteroatoms. The van der Waals surface area contributed by atoms with E-state index in [1.54, 1.807) is 35.9 Å². The molecule has 1 N–H and O–H groups in total. The molecule has 2 heterocycles. The second-order valence-corrected chi connectivity index (χ2v) is 6.98. The maximum absolute atomic E-state index is 13.2. The zero-order valence-corrected chi connectivity index (χ0v) is 17.3. The highest BCUT2D eigenvalue weighted by Gasteiger charge is 2.13. The van der Waals surface area contributed by atoms with Crippen LogP contribution in [0.15, 0.2) is 59.1 Å². The average molecular weight is 417 g/mol. The number of benzene rings is 2. The van der Waals surface area contributed by atoms with Crippen LogP contribution in [0.3, 0.4) is 0 Å². The second kappa shape index (κ2) is 8.35. The van der Waals surface area contributed by atoms with Gasteiger partial charge in [0.2, 0.25) is 17.6 Å². The van der Waals surface area contributed by atoms with E-state index in [4.69, 9.17) is 4.52 Å². The van der Waals surface area contributed by atoms with Gasteiger partial charge in [0, 0.05) is 29.8 Å². The third-order valence-electron chi connectivity index (χ3n) is 4.77. The molecule has 0 atom stereocenters. The Balaban J connectivity index is 1.55. The van der Waals surface area contributed by atoms with Crippen LogP contribution in [0, 0.1) is 26.6 Å². The van der Waals surface area contributed by atoms with Gasteiger partial charge in [-0.3, -0.25) is 4.79 Å². The van der Waals surface area contributed by atoms with Crippen LogP contribution >= 0.6 is 0 Å². The van der Waals surface area contributed by atoms with Crippen LogP contribution in [0.1, 0.15) is 22.8 Å². The number of nitrogens with one attached hydrogen (secondary N) is 1. The van der Waals surface area contributed by atoms with Gasteiger partial charge in [0.25, 0.3) is 0 Å². The molecular weight excluding hydrogens is 397 g/mol. The van der Waals surface area contributed by atoms with E-state index in [-0.39, 0.29) is 11.7 Å². The molecule has 2 aromatic heterocycles. The van der Waals surface area contributed by atoms with Crippen molar-refractivity contribution in [3.63, 3.8) is 0 Å². The van der Waals surface area contributed by atoms with Gasteiger partial charge in [-0.1, -0.05) is 17.3 Å². The molecule has 0 spiro atoms. The summed E-state index contributed by atoms with van der Waals surface area (Å²) in [7, 11) is 0. The Labute approximate surface area is 178 Å². The van der Waals surface area contributed by atoms with E-state index < -0.39 is 0 Å². The molecule has 2 aromatic carbocycles. The summed E-state index contributed by atoms with van der Waals surface area (Å²) in [5.74, 6) is 0.240. The van der Waals surface area contributed by atoms with Crippen LogP contribution in [-0.4, -0.2) is 25.8 Å². The Morgan fingerprint density at radius 3 is 2.55 bits per heavy atom. The quantitative estimate of drug-likeness (QED) is 0.478. The molecule has 31 heavy (non-hydrogen) atoms. The molecule has 0 bridgehead atoms. The Bertz CT molecular complexity index is 1270. The average Bonchev–Trinajstić information content (AvgIpc) is 3.30. The molecule has 4 aromatic rings. The van der Waals surface area contributed by atoms with Crippen LogP contribution in [0.2, 0.25) is 0 Å². The highest BCUT2D eigenvalue weighted by atomic mass is 19.1. The summed E-state index contributed by atoms with van der Waals surface area (Å²) in [5.41, 5.74) is 4.41. The number of hydrogen-bond donors (Lipinski definition) is 1. The number of carbonyl (C=O) groups excluding carboxylic acids is 1. The molecule has 156 valence electrons. The molecule has 0 saturated heterocycles. The van der Waals surface area contributed by atoms with Crippen LogP contribution in [0.5, 0.6) is 0 Å². The summed E-state index contributed by atoms with van der Waals surface area (Å²) >= 11 is 0. The lowest BCUT2D eigenvalue weighted by Gasteiger charge is -2.06. The predicted molar refractivity (Wildman–Crippen MR) is 115 cm³/mol. The number of rotatable bonds is 5. The van der Waals surface area contributed by atoms with Crippen LogP contribution in [0.25, 0.3) is 23.2 Å². The van der Waals surface area contributed by atoms with Gasteiger partial charge in [-0.25, -0.2) is 9.07 Å². The maximum Gasteiger partial charge on any atom is 0.248 e. The molecule has 0 fully saturated rings. The van der Waals surface area contributed by atoms with E-state index in [1.165, 1.54) is 18.2 Å². The third-order valence-corrected chi connectivity index (χ3v) is 4.77. The van der Waals surface area contributed by atoms with Gasteiger partial charge in [-0.05, 0) is 56.3 Å². The molecule has 0 radical (unpaired) electrons. The minimum Gasteiger partial charge on any atom is -0.339 e. The SMILES string of the molecule is Cc1nc(-c2ccccc2NC(=O)/C=C/c2c(C)nn(-c3ccc(F)cc3)c2C)no1. The standard InChI is InChI=1S/C23H20FN5O2/c1-14-19(15(2)29(27-14)18-10-8-17(24)9-11-18)12-13-22(30)26-21-7-5-4-6-20(21)23-25-16(3)31-28-23/h4-13H,1-3H3,(H,26,30)/b13-12+. The summed E-state index contributed by atoms with van der Waals surface area (Å²) in [6.07, 6.45) is 3.17. The predicted octanol–water partition coefficient (Wildman–Crippen LogP) is 4.64. The minimum atomic E-state index is -0.307. The van der Waals surface area contributed by atoms with Crippen molar-refractivity contribution in [2.75, 3.05) is 5.32 Å². The van der Waals surface area contributed by atoms with Gasteiger partial charge in [-0.15, -0.1) is 0 Å². The fraction of sp³-hybridized carbons (Fsp3) is 0.130. The van der Waals surface area contributed by atoms with Gasteiger partial charge >= 0.3 is 0 Å². The molecule has 7 nitrogen and oxygen atoms in total. The van der Waals surface area contributed by atoms with E-state index in [2.05, 4.69) is 20.6 Å². The van der Waals surface area contributed by atoms with Crippen molar-refractivity contribution in [1.82, 2.24) is 19.9 Å². The smallest absolute Gasteiger partial charge is 0.248 e. The molecule has 0 saturated carbocycles. The highest BCUT2D eigenvalue weighted by Crippen LogP contribution is 2.25. The van der Waals surface area contributed by atoms with Gasteiger partial charge in [-0.2, -0.15) is 10.1 Å². The summed E-state index contributed by atoms with van der Waals surface area (Å²) < 4.78 is 20.0. The lowest BCUT2D eigenvalue weighted by atomic mass is 10.1. The number of carbonyl (C=O) groups is 1. The van der Waals surface area contributed by atoms with E-state index in [9.17, 15) is 9.18 Å². The van der Waals surface area contributed by atoms with E-state index in [1.807, 2.05) is 32.0 Å². The van der Waals surface area contributed by atoms with Crippen molar-refractivity contribution < 1.29 is 13.7 Å². The van der Waals surface area contributed by atoms with Gasteiger partial charge in [0.1, 0.15) is 5.82 Å². The largest absolute Gasteiger partial charge is 0.339 e. The molecule has 0 aliphatic heterocycles. The van der Waals surface area contributed by atoms with Gasteiger partial charge in [0.15, 0.2) is 0 Å². The number of para-hydroxylation sites is 1. The zero-order valence-electron chi connectivity index (χ0n) is 17.3.